The fourth-order valence-electron chi connectivity index (χ4n) is 2.85. The molecule has 0 spiro atoms. The zero-order chi connectivity index (χ0) is 18.5. The van der Waals surface area contributed by atoms with Crippen LogP contribution in [-0.4, -0.2) is 37.9 Å². The van der Waals surface area contributed by atoms with Gasteiger partial charge < -0.3 is 9.31 Å². The number of nitrogens with zero attached hydrogens (tertiary/aromatic N) is 4. The molecule has 2 aliphatic carbocycles. The molecule has 0 unspecified atom stereocenters. The van der Waals surface area contributed by atoms with Gasteiger partial charge in [-0.25, -0.2) is 0 Å². The van der Waals surface area contributed by atoms with Crippen molar-refractivity contribution in [3.8, 4) is 0 Å². The number of hydrogen-bond donors (Lipinski definition) is 0. The van der Waals surface area contributed by atoms with E-state index in [1.54, 1.807) is 0 Å². The Balaban J connectivity index is 0.000000157. The fraction of sp³-hybridized carbons (Fsp3) is 0.667. The Hall–Kier alpha value is -1.12. The molecule has 3 fully saturated rings. The lowest BCUT2D eigenvalue weighted by Gasteiger charge is -2.32. The summed E-state index contributed by atoms with van der Waals surface area (Å²) >= 11 is 3.34. The van der Waals surface area contributed by atoms with E-state index in [1.807, 2.05) is 28.0 Å². The normalized spacial score (nSPS) is 23.7. The first kappa shape index (κ1) is 18.3. The third-order valence-corrected chi connectivity index (χ3v) is 5.97. The molecule has 2 aromatic heterocycles. The molecule has 3 heterocycles. The monoisotopic (exact) mass is 420 g/mol. The van der Waals surface area contributed by atoms with Crippen LogP contribution in [0.2, 0.25) is 0 Å². The van der Waals surface area contributed by atoms with E-state index in [1.165, 1.54) is 25.7 Å². The molecule has 3 aliphatic rings. The van der Waals surface area contributed by atoms with Crippen molar-refractivity contribution in [3.05, 3.63) is 29.3 Å². The van der Waals surface area contributed by atoms with E-state index < -0.39 is 0 Å². The maximum atomic E-state index is 5.99. The third kappa shape index (κ3) is 3.77. The van der Waals surface area contributed by atoms with Crippen LogP contribution in [0.3, 0.4) is 0 Å². The van der Waals surface area contributed by atoms with E-state index in [2.05, 4.69) is 60.0 Å². The van der Waals surface area contributed by atoms with E-state index in [0.29, 0.717) is 12.1 Å². The molecule has 0 aromatic carbocycles. The van der Waals surface area contributed by atoms with E-state index in [4.69, 9.17) is 9.31 Å². The highest BCUT2D eigenvalue weighted by molar-refractivity contribution is 9.10. The van der Waals surface area contributed by atoms with Crippen LogP contribution in [0.4, 0.5) is 0 Å². The van der Waals surface area contributed by atoms with Crippen LogP contribution in [-0.2, 0) is 9.31 Å². The molecule has 0 radical (unpaired) electrons. The van der Waals surface area contributed by atoms with Crippen molar-refractivity contribution in [2.75, 3.05) is 0 Å². The smallest absolute Gasteiger partial charge is 0.399 e. The maximum absolute atomic E-state index is 5.99. The molecular weight excluding hydrogens is 395 g/mol. The van der Waals surface area contributed by atoms with Crippen molar-refractivity contribution in [3.63, 3.8) is 0 Å². The Bertz CT molecular complexity index is 764. The highest BCUT2D eigenvalue weighted by Gasteiger charge is 2.52. The van der Waals surface area contributed by atoms with Gasteiger partial charge in [0.2, 0.25) is 0 Å². The molecule has 0 atom stereocenters. The first-order chi connectivity index (χ1) is 12.2. The largest absolute Gasteiger partial charge is 0.498 e. The van der Waals surface area contributed by atoms with Crippen molar-refractivity contribution in [2.24, 2.45) is 0 Å². The summed E-state index contributed by atoms with van der Waals surface area (Å²) < 4.78 is 17.1. The molecule has 0 amide bonds. The molecule has 2 saturated carbocycles. The van der Waals surface area contributed by atoms with Crippen LogP contribution in [0.25, 0.3) is 0 Å². The van der Waals surface area contributed by atoms with Gasteiger partial charge in [0.1, 0.15) is 0 Å². The Kier molecular flexibility index (Phi) is 4.56. The van der Waals surface area contributed by atoms with E-state index in [-0.39, 0.29) is 18.3 Å². The summed E-state index contributed by atoms with van der Waals surface area (Å²) in [5, 5.41) is 8.52. The quantitative estimate of drug-likeness (QED) is 0.713. The Morgan fingerprint density at radius 3 is 1.88 bits per heavy atom. The van der Waals surface area contributed by atoms with Gasteiger partial charge in [0.05, 0.1) is 34.0 Å². The predicted molar refractivity (Wildman–Crippen MR) is 104 cm³/mol. The molecule has 5 rings (SSSR count). The summed E-state index contributed by atoms with van der Waals surface area (Å²) in [5.41, 5.74) is 0.467. The topological polar surface area (TPSA) is 54.1 Å². The minimum absolute atomic E-state index is 0.278. The summed E-state index contributed by atoms with van der Waals surface area (Å²) in [6, 6.07) is 1.31. The van der Waals surface area contributed by atoms with E-state index in [9.17, 15) is 0 Å². The second-order valence-corrected chi connectivity index (χ2v) is 9.36. The van der Waals surface area contributed by atoms with Gasteiger partial charge in [-0.1, -0.05) is 0 Å². The molecule has 140 valence electrons. The van der Waals surface area contributed by atoms with Crippen LogP contribution < -0.4 is 5.46 Å². The Morgan fingerprint density at radius 1 is 0.923 bits per heavy atom. The Labute approximate surface area is 163 Å². The van der Waals surface area contributed by atoms with E-state index >= 15 is 0 Å². The number of hydrogen-bond acceptors (Lipinski definition) is 4. The zero-order valence-corrected chi connectivity index (χ0v) is 17.4. The van der Waals surface area contributed by atoms with Crippen LogP contribution in [0, 0.1) is 0 Å². The van der Waals surface area contributed by atoms with Gasteiger partial charge in [-0.15, -0.1) is 0 Å². The first-order valence-corrected chi connectivity index (χ1v) is 10.1. The van der Waals surface area contributed by atoms with Crippen molar-refractivity contribution in [2.45, 2.75) is 76.7 Å². The third-order valence-electron chi connectivity index (χ3n) is 5.56. The SMILES string of the molecule is Brc1cnn(C2CC2)c1.CC1(C)OB(c2cnn(C3CC3)c2)OC1(C)C. The van der Waals surface area contributed by atoms with Gasteiger partial charge in [-0.05, 0) is 69.3 Å². The van der Waals surface area contributed by atoms with Crippen LogP contribution in [0.1, 0.15) is 65.5 Å². The lowest BCUT2D eigenvalue weighted by atomic mass is 9.82. The minimum atomic E-state index is -0.285. The standard InChI is InChI=1S/C12H19BN2O2.C6H7BrN2/c1-11(2)12(3,4)17-13(16-11)9-7-14-15(8-9)10-5-6-10;7-5-3-8-9(4-5)6-1-2-6/h7-8,10H,5-6H2,1-4H3;3-4,6H,1-2H2. The molecule has 0 bridgehead atoms. The van der Waals surface area contributed by atoms with Gasteiger partial charge in [0, 0.05) is 24.1 Å². The second kappa shape index (κ2) is 6.50. The summed E-state index contributed by atoms with van der Waals surface area (Å²) in [5.74, 6) is 0. The maximum Gasteiger partial charge on any atom is 0.498 e. The summed E-state index contributed by atoms with van der Waals surface area (Å²) in [6.07, 6.45) is 12.9. The molecule has 8 heteroatoms. The number of rotatable bonds is 3. The van der Waals surface area contributed by atoms with Gasteiger partial charge in [0.15, 0.2) is 0 Å². The molecule has 1 aliphatic heterocycles. The molecule has 1 saturated heterocycles. The zero-order valence-electron chi connectivity index (χ0n) is 15.9. The van der Waals surface area contributed by atoms with Crippen molar-refractivity contribution in [1.82, 2.24) is 19.6 Å². The van der Waals surface area contributed by atoms with E-state index in [0.717, 1.165) is 9.94 Å². The van der Waals surface area contributed by atoms with Crippen LogP contribution in [0.5, 0.6) is 0 Å². The highest BCUT2D eigenvalue weighted by Crippen LogP contribution is 2.37. The Morgan fingerprint density at radius 2 is 1.42 bits per heavy atom. The van der Waals surface area contributed by atoms with Crippen molar-refractivity contribution in [1.29, 1.82) is 0 Å². The van der Waals surface area contributed by atoms with Crippen LogP contribution in [0.15, 0.2) is 29.3 Å². The summed E-state index contributed by atoms with van der Waals surface area (Å²) in [4.78, 5) is 0. The molecule has 26 heavy (non-hydrogen) atoms. The van der Waals surface area contributed by atoms with Gasteiger partial charge >= 0.3 is 7.12 Å². The van der Waals surface area contributed by atoms with Crippen molar-refractivity contribution >= 4 is 28.5 Å². The minimum Gasteiger partial charge on any atom is -0.399 e. The van der Waals surface area contributed by atoms with Gasteiger partial charge in [0.25, 0.3) is 0 Å². The molecular formula is C18H26BBrN4O2. The lowest BCUT2D eigenvalue weighted by Crippen LogP contribution is -2.41. The van der Waals surface area contributed by atoms with Gasteiger partial charge in [-0.2, -0.15) is 10.2 Å². The fourth-order valence-corrected chi connectivity index (χ4v) is 3.15. The second-order valence-electron chi connectivity index (χ2n) is 8.44. The average molecular weight is 421 g/mol. The molecule has 2 aromatic rings. The summed E-state index contributed by atoms with van der Waals surface area (Å²) in [7, 11) is -0.285. The first-order valence-electron chi connectivity index (χ1n) is 9.34. The van der Waals surface area contributed by atoms with Crippen LogP contribution >= 0.6 is 15.9 Å². The lowest BCUT2D eigenvalue weighted by molar-refractivity contribution is 0.00578. The predicted octanol–water partition coefficient (Wildman–Crippen LogP) is 3.50. The number of aromatic nitrogens is 4. The molecule has 6 nitrogen and oxygen atoms in total. The van der Waals surface area contributed by atoms with Gasteiger partial charge in [-0.3, -0.25) is 9.36 Å². The molecule has 0 N–H and O–H groups in total. The number of halogens is 1. The van der Waals surface area contributed by atoms with Crippen molar-refractivity contribution < 1.29 is 9.31 Å². The summed E-state index contributed by atoms with van der Waals surface area (Å²) in [6.45, 7) is 8.27. The highest BCUT2D eigenvalue weighted by atomic mass is 79.9. The average Bonchev–Trinajstić information content (AvgIpc) is 3.48.